The lowest BCUT2D eigenvalue weighted by Gasteiger charge is -2.18. The van der Waals surface area contributed by atoms with Gasteiger partial charge in [0.15, 0.2) is 0 Å². The maximum atomic E-state index is 11.6. The maximum absolute atomic E-state index is 11.6. The number of unbranched alkanes of at least 4 members (excludes halogenated alkanes) is 2. The van der Waals surface area contributed by atoms with Gasteiger partial charge >= 0.3 is 5.97 Å². The van der Waals surface area contributed by atoms with Crippen LogP contribution in [-0.2, 0) is 9.59 Å². The number of rotatable bonds is 10. The van der Waals surface area contributed by atoms with Crippen molar-refractivity contribution in [1.82, 2.24) is 10.2 Å². The molecule has 0 saturated heterocycles. The Bertz CT molecular complexity index is 257. The van der Waals surface area contributed by atoms with Crippen LogP contribution in [0.25, 0.3) is 0 Å². The van der Waals surface area contributed by atoms with Crippen molar-refractivity contribution in [3.63, 3.8) is 0 Å². The molecule has 1 unspecified atom stereocenters. The molecule has 0 spiro atoms. The molecule has 0 aliphatic carbocycles. The van der Waals surface area contributed by atoms with Gasteiger partial charge in [-0.15, -0.1) is 0 Å². The first-order valence-electron chi connectivity index (χ1n) is 6.65. The lowest BCUT2D eigenvalue weighted by molar-refractivity contribution is -0.137. The number of carboxylic acid groups (broad SMARTS) is 1. The molecule has 0 rings (SSSR count). The minimum atomic E-state index is -0.838. The van der Waals surface area contributed by atoms with E-state index >= 15 is 0 Å². The zero-order valence-corrected chi connectivity index (χ0v) is 11.7. The number of carbonyl (C=O) groups excluding carboxylic acids is 1. The van der Waals surface area contributed by atoms with Crippen LogP contribution in [0, 0.1) is 0 Å². The van der Waals surface area contributed by atoms with Gasteiger partial charge in [0.05, 0.1) is 13.0 Å². The summed E-state index contributed by atoms with van der Waals surface area (Å²) in [5.41, 5.74) is 0. The van der Waals surface area contributed by atoms with Crippen molar-refractivity contribution in [1.29, 1.82) is 0 Å². The van der Waals surface area contributed by atoms with E-state index in [4.69, 9.17) is 5.11 Å². The third-order valence-corrected chi connectivity index (χ3v) is 2.77. The molecule has 106 valence electrons. The standard InChI is InChI=1S/C13H26N2O3/c1-4-5-6-7-11(2)14-12(16)10-15(3)9-8-13(17)18/h11H,4-10H2,1-3H3,(H,14,16)(H,17,18). The first-order valence-corrected chi connectivity index (χ1v) is 6.65. The molecular weight excluding hydrogens is 232 g/mol. The van der Waals surface area contributed by atoms with Gasteiger partial charge in [0.2, 0.25) is 5.91 Å². The van der Waals surface area contributed by atoms with Crippen molar-refractivity contribution >= 4 is 11.9 Å². The Morgan fingerprint density at radius 1 is 1.33 bits per heavy atom. The first kappa shape index (κ1) is 16.9. The molecular formula is C13H26N2O3. The zero-order chi connectivity index (χ0) is 14.0. The molecule has 0 aromatic heterocycles. The smallest absolute Gasteiger partial charge is 0.304 e. The second-order valence-corrected chi connectivity index (χ2v) is 4.85. The average molecular weight is 258 g/mol. The Hall–Kier alpha value is -1.10. The van der Waals surface area contributed by atoms with E-state index < -0.39 is 5.97 Å². The van der Waals surface area contributed by atoms with Gasteiger partial charge in [-0.25, -0.2) is 0 Å². The predicted octanol–water partition coefficient (Wildman–Crippen LogP) is 1.48. The molecule has 0 aromatic rings. The van der Waals surface area contributed by atoms with E-state index in [2.05, 4.69) is 12.2 Å². The summed E-state index contributed by atoms with van der Waals surface area (Å²) in [6.07, 6.45) is 4.57. The number of hydrogen-bond acceptors (Lipinski definition) is 3. The molecule has 18 heavy (non-hydrogen) atoms. The molecule has 1 atom stereocenters. The maximum Gasteiger partial charge on any atom is 0.304 e. The van der Waals surface area contributed by atoms with Crippen LogP contribution in [0.15, 0.2) is 0 Å². The molecule has 5 nitrogen and oxygen atoms in total. The van der Waals surface area contributed by atoms with E-state index in [0.29, 0.717) is 6.54 Å². The molecule has 0 heterocycles. The van der Waals surface area contributed by atoms with Gasteiger partial charge in [-0.1, -0.05) is 26.2 Å². The van der Waals surface area contributed by atoms with E-state index in [1.165, 1.54) is 12.8 Å². The predicted molar refractivity (Wildman–Crippen MR) is 71.5 cm³/mol. The number of aliphatic carboxylic acids is 1. The normalized spacial score (nSPS) is 12.4. The number of carboxylic acids is 1. The number of likely N-dealkylation sites (N-methyl/N-ethyl adjacent to an activating group) is 1. The van der Waals surface area contributed by atoms with Crippen LogP contribution in [0.2, 0.25) is 0 Å². The third kappa shape index (κ3) is 10.1. The molecule has 2 N–H and O–H groups in total. The highest BCUT2D eigenvalue weighted by Crippen LogP contribution is 2.02. The van der Waals surface area contributed by atoms with Crippen molar-refractivity contribution in [2.75, 3.05) is 20.1 Å². The highest BCUT2D eigenvalue weighted by molar-refractivity contribution is 5.78. The summed E-state index contributed by atoms with van der Waals surface area (Å²) in [7, 11) is 1.75. The Labute approximate surface area is 110 Å². The van der Waals surface area contributed by atoms with Gasteiger partial charge in [-0.2, -0.15) is 0 Å². The van der Waals surface area contributed by atoms with Crippen LogP contribution in [0.3, 0.4) is 0 Å². The lowest BCUT2D eigenvalue weighted by Crippen LogP contribution is -2.40. The SMILES string of the molecule is CCCCCC(C)NC(=O)CN(C)CCC(=O)O. The molecule has 0 aromatic carbocycles. The Morgan fingerprint density at radius 2 is 2.00 bits per heavy atom. The van der Waals surface area contributed by atoms with Crippen molar-refractivity contribution in [3.8, 4) is 0 Å². The van der Waals surface area contributed by atoms with Gasteiger partial charge in [0.25, 0.3) is 0 Å². The van der Waals surface area contributed by atoms with Crippen LogP contribution < -0.4 is 5.32 Å². The average Bonchev–Trinajstić information content (AvgIpc) is 2.26. The third-order valence-electron chi connectivity index (χ3n) is 2.77. The Morgan fingerprint density at radius 3 is 2.56 bits per heavy atom. The van der Waals surface area contributed by atoms with Crippen LogP contribution in [-0.4, -0.2) is 48.1 Å². The molecule has 1 amide bonds. The fraction of sp³-hybridized carbons (Fsp3) is 0.846. The summed E-state index contributed by atoms with van der Waals surface area (Å²) < 4.78 is 0. The van der Waals surface area contributed by atoms with Gasteiger partial charge in [-0.3, -0.25) is 14.5 Å². The Kier molecular flexibility index (Phi) is 9.28. The first-order chi connectivity index (χ1) is 8.45. The van der Waals surface area contributed by atoms with E-state index in [1.807, 2.05) is 6.92 Å². The second kappa shape index (κ2) is 9.88. The number of amides is 1. The van der Waals surface area contributed by atoms with Crippen LogP contribution >= 0.6 is 0 Å². The van der Waals surface area contributed by atoms with E-state index in [-0.39, 0.29) is 24.9 Å². The van der Waals surface area contributed by atoms with Crippen LogP contribution in [0.5, 0.6) is 0 Å². The summed E-state index contributed by atoms with van der Waals surface area (Å²) in [6, 6.07) is 0.192. The van der Waals surface area contributed by atoms with Gasteiger partial charge in [0, 0.05) is 12.6 Å². The van der Waals surface area contributed by atoms with Crippen LogP contribution in [0.1, 0.15) is 46.0 Å². The molecule has 0 fully saturated rings. The largest absolute Gasteiger partial charge is 0.481 e. The lowest BCUT2D eigenvalue weighted by atomic mass is 10.1. The number of nitrogens with zero attached hydrogens (tertiary/aromatic N) is 1. The number of hydrogen-bond donors (Lipinski definition) is 2. The summed E-state index contributed by atoms with van der Waals surface area (Å²) in [6.45, 7) is 4.81. The second-order valence-electron chi connectivity index (χ2n) is 4.85. The van der Waals surface area contributed by atoms with E-state index in [1.54, 1.807) is 11.9 Å². The molecule has 0 bridgehead atoms. The van der Waals surface area contributed by atoms with Crippen molar-refractivity contribution in [2.45, 2.75) is 52.0 Å². The zero-order valence-electron chi connectivity index (χ0n) is 11.7. The monoisotopic (exact) mass is 258 g/mol. The Balaban J connectivity index is 3.71. The minimum absolute atomic E-state index is 0.0353. The molecule has 5 heteroatoms. The van der Waals surface area contributed by atoms with Gasteiger partial charge in [0.1, 0.15) is 0 Å². The molecule has 0 aliphatic heterocycles. The topological polar surface area (TPSA) is 69.6 Å². The fourth-order valence-electron chi connectivity index (χ4n) is 1.70. The van der Waals surface area contributed by atoms with Crippen molar-refractivity contribution in [3.05, 3.63) is 0 Å². The quantitative estimate of drug-likeness (QED) is 0.582. The fourth-order valence-corrected chi connectivity index (χ4v) is 1.70. The van der Waals surface area contributed by atoms with Crippen molar-refractivity contribution < 1.29 is 14.7 Å². The van der Waals surface area contributed by atoms with E-state index in [9.17, 15) is 9.59 Å². The molecule has 0 saturated carbocycles. The summed E-state index contributed by atoms with van der Waals surface area (Å²) >= 11 is 0. The van der Waals surface area contributed by atoms with Crippen LogP contribution in [0.4, 0.5) is 0 Å². The summed E-state index contributed by atoms with van der Waals surface area (Å²) in [5.74, 6) is -0.873. The number of nitrogens with one attached hydrogen (secondary N) is 1. The van der Waals surface area contributed by atoms with Gasteiger partial charge in [-0.05, 0) is 20.4 Å². The highest BCUT2D eigenvalue weighted by Gasteiger charge is 2.10. The number of carbonyl (C=O) groups is 2. The summed E-state index contributed by atoms with van der Waals surface area (Å²) in [4.78, 5) is 23.8. The van der Waals surface area contributed by atoms with E-state index in [0.717, 1.165) is 12.8 Å². The minimum Gasteiger partial charge on any atom is -0.481 e. The molecule has 0 radical (unpaired) electrons. The summed E-state index contributed by atoms with van der Waals surface area (Å²) in [5, 5.41) is 11.5. The highest BCUT2D eigenvalue weighted by atomic mass is 16.4. The molecule has 0 aliphatic rings. The van der Waals surface area contributed by atoms with Crippen molar-refractivity contribution in [2.24, 2.45) is 0 Å². The van der Waals surface area contributed by atoms with Gasteiger partial charge < -0.3 is 10.4 Å².